The molecule has 0 aliphatic heterocycles. The lowest BCUT2D eigenvalue weighted by Crippen LogP contribution is -2.47. The standard InChI is InChI=1S/C21H34N4O3/c1-16(28-19-12-8-11-18(13-19)27-4)14-22-21(23-15-20(26)25(2)3)24-17-9-6-5-7-10-17/h8,11-13,16-17H,5-7,9-10,14-15H2,1-4H3,(H2,22,23,24). The second-order valence-electron chi connectivity index (χ2n) is 7.42. The zero-order chi connectivity index (χ0) is 20.4. The number of benzene rings is 1. The normalized spacial score (nSPS) is 16.2. The lowest BCUT2D eigenvalue weighted by Gasteiger charge is -2.26. The molecule has 1 fully saturated rings. The van der Waals surface area contributed by atoms with E-state index in [0.29, 0.717) is 18.5 Å². The first-order chi connectivity index (χ1) is 13.5. The molecule has 1 aliphatic rings. The Labute approximate surface area is 168 Å². The maximum atomic E-state index is 11.9. The van der Waals surface area contributed by atoms with Crippen LogP contribution in [0.25, 0.3) is 0 Å². The molecule has 1 aromatic rings. The Morgan fingerprint density at radius 3 is 2.64 bits per heavy atom. The number of carbonyl (C=O) groups is 1. The molecule has 0 bridgehead atoms. The Morgan fingerprint density at radius 2 is 1.96 bits per heavy atom. The summed E-state index contributed by atoms with van der Waals surface area (Å²) in [5.41, 5.74) is 0. The van der Waals surface area contributed by atoms with Crippen LogP contribution in [0.15, 0.2) is 29.3 Å². The van der Waals surface area contributed by atoms with E-state index in [4.69, 9.17) is 9.47 Å². The van der Waals surface area contributed by atoms with Gasteiger partial charge in [0.1, 0.15) is 24.1 Å². The molecule has 1 aliphatic carbocycles. The number of nitrogens with one attached hydrogen (secondary N) is 2. The number of ether oxygens (including phenoxy) is 2. The van der Waals surface area contributed by atoms with Crippen molar-refractivity contribution in [2.24, 2.45) is 4.99 Å². The highest BCUT2D eigenvalue weighted by Gasteiger charge is 2.16. The van der Waals surface area contributed by atoms with E-state index in [-0.39, 0.29) is 18.6 Å². The second-order valence-corrected chi connectivity index (χ2v) is 7.42. The van der Waals surface area contributed by atoms with Gasteiger partial charge >= 0.3 is 0 Å². The summed E-state index contributed by atoms with van der Waals surface area (Å²) in [5, 5.41) is 6.80. The number of carbonyl (C=O) groups excluding carboxylic acids is 1. The van der Waals surface area contributed by atoms with Crippen molar-refractivity contribution in [2.75, 3.05) is 34.3 Å². The van der Waals surface area contributed by atoms with Crippen LogP contribution in [0.5, 0.6) is 11.5 Å². The van der Waals surface area contributed by atoms with Crippen LogP contribution >= 0.6 is 0 Å². The predicted octanol–water partition coefficient (Wildman–Crippen LogP) is 2.42. The van der Waals surface area contributed by atoms with E-state index in [9.17, 15) is 4.79 Å². The second kappa shape index (κ2) is 11.4. The Kier molecular flexibility index (Phi) is 8.91. The average Bonchev–Trinajstić information content (AvgIpc) is 2.70. The van der Waals surface area contributed by atoms with Gasteiger partial charge in [0, 0.05) is 26.2 Å². The van der Waals surface area contributed by atoms with Gasteiger partial charge in [-0.25, -0.2) is 4.99 Å². The Bertz CT molecular complexity index is 642. The zero-order valence-electron chi connectivity index (χ0n) is 17.5. The predicted molar refractivity (Wildman–Crippen MR) is 112 cm³/mol. The van der Waals surface area contributed by atoms with E-state index < -0.39 is 0 Å². The van der Waals surface area contributed by atoms with Gasteiger partial charge in [0.15, 0.2) is 5.96 Å². The van der Waals surface area contributed by atoms with Gasteiger partial charge in [0.25, 0.3) is 0 Å². The molecule has 1 saturated carbocycles. The molecule has 1 aromatic carbocycles. The third-order valence-electron chi connectivity index (χ3n) is 4.75. The number of rotatable bonds is 8. The van der Waals surface area contributed by atoms with Gasteiger partial charge in [0.05, 0.1) is 13.7 Å². The van der Waals surface area contributed by atoms with Crippen LogP contribution in [-0.4, -0.2) is 63.2 Å². The molecule has 2 N–H and O–H groups in total. The van der Waals surface area contributed by atoms with Crippen molar-refractivity contribution >= 4 is 11.9 Å². The van der Waals surface area contributed by atoms with Crippen molar-refractivity contribution in [1.82, 2.24) is 15.5 Å². The Morgan fingerprint density at radius 1 is 1.25 bits per heavy atom. The summed E-state index contributed by atoms with van der Waals surface area (Å²) in [4.78, 5) is 17.9. The van der Waals surface area contributed by atoms with Crippen molar-refractivity contribution in [2.45, 2.75) is 51.2 Å². The summed E-state index contributed by atoms with van der Waals surface area (Å²) < 4.78 is 11.2. The van der Waals surface area contributed by atoms with Crippen molar-refractivity contribution in [3.63, 3.8) is 0 Å². The van der Waals surface area contributed by atoms with E-state index in [1.165, 1.54) is 19.3 Å². The first-order valence-corrected chi connectivity index (χ1v) is 10.0. The number of methoxy groups -OCH3 is 1. The highest BCUT2D eigenvalue weighted by molar-refractivity contribution is 5.84. The molecule has 0 heterocycles. The van der Waals surface area contributed by atoms with Crippen LogP contribution in [-0.2, 0) is 4.79 Å². The molecule has 1 amide bonds. The van der Waals surface area contributed by atoms with Crippen LogP contribution in [0.2, 0.25) is 0 Å². The van der Waals surface area contributed by atoms with Gasteiger partial charge in [-0.15, -0.1) is 0 Å². The van der Waals surface area contributed by atoms with Crippen molar-refractivity contribution in [3.8, 4) is 11.5 Å². The molecule has 7 heteroatoms. The molecule has 1 unspecified atom stereocenters. The van der Waals surface area contributed by atoms with Gasteiger partial charge in [-0.2, -0.15) is 0 Å². The van der Waals surface area contributed by atoms with E-state index in [0.717, 1.165) is 24.3 Å². The zero-order valence-corrected chi connectivity index (χ0v) is 17.5. The number of hydrogen-bond donors (Lipinski definition) is 2. The third-order valence-corrected chi connectivity index (χ3v) is 4.75. The van der Waals surface area contributed by atoms with Crippen LogP contribution in [0.4, 0.5) is 0 Å². The van der Waals surface area contributed by atoms with E-state index in [1.54, 1.807) is 26.1 Å². The minimum Gasteiger partial charge on any atom is -0.497 e. The first-order valence-electron chi connectivity index (χ1n) is 10.0. The summed E-state index contributed by atoms with van der Waals surface area (Å²) in [5.74, 6) is 2.17. The monoisotopic (exact) mass is 390 g/mol. The van der Waals surface area contributed by atoms with E-state index in [1.807, 2.05) is 31.2 Å². The van der Waals surface area contributed by atoms with E-state index >= 15 is 0 Å². The summed E-state index contributed by atoms with van der Waals surface area (Å²) in [7, 11) is 5.12. The number of hydrogen-bond acceptors (Lipinski definition) is 4. The van der Waals surface area contributed by atoms with Gasteiger partial charge in [-0.3, -0.25) is 4.79 Å². The third kappa shape index (κ3) is 7.66. The fraction of sp³-hybridized carbons (Fsp3) is 0.619. The summed E-state index contributed by atoms with van der Waals surface area (Å²) >= 11 is 0. The number of aliphatic imine (C=N–C) groups is 1. The Hall–Kier alpha value is -2.44. The SMILES string of the molecule is COc1cccc(OC(C)CNC(=NCC(=O)N(C)C)NC2CCCCC2)c1. The maximum absolute atomic E-state index is 11.9. The molecule has 156 valence electrons. The fourth-order valence-corrected chi connectivity index (χ4v) is 3.07. The minimum absolute atomic E-state index is 0.0228. The van der Waals surface area contributed by atoms with Crippen molar-refractivity contribution in [1.29, 1.82) is 0 Å². The number of nitrogens with zero attached hydrogens (tertiary/aromatic N) is 2. The maximum Gasteiger partial charge on any atom is 0.243 e. The van der Waals surface area contributed by atoms with Gasteiger partial charge in [-0.1, -0.05) is 25.3 Å². The topological polar surface area (TPSA) is 75.2 Å². The van der Waals surface area contributed by atoms with Crippen LogP contribution in [0.1, 0.15) is 39.0 Å². The molecule has 0 aromatic heterocycles. The number of likely N-dealkylation sites (N-methyl/N-ethyl adjacent to an activating group) is 1. The lowest BCUT2D eigenvalue weighted by molar-refractivity contribution is -0.127. The average molecular weight is 391 g/mol. The number of amides is 1. The van der Waals surface area contributed by atoms with E-state index in [2.05, 4.69) is 15.6 Å². The van der Waals surface area contributed by atoms with Gasteiger partial charge in [0.2, 0.25) is 5.91 Å². The molecule has 0 spiro atoms. The molecule has 0 radical (unpaired) electrons. The number of guanidine groups is 1. The van der Waals surface area contributed by atoms with Crippen molar-refractivity contribution < 1.29 is 14.3 Å². The molecule has 28 heavy (non-hydrogen) atoms. The molecular weight excluding hydrogens is 356 g/mol. The first kappa shape index (κ1) is 21.9. The summed E-state index contributed by atoms with van der Waals surface area (Å²) in [6.07, 6.45) is 5.96. The fourth-order valence-electron chi connectivity index (χ4n) is 3.07. The van der Waals surface area contributed by atoms with Crippen LogP contribution in [0.3, 0.4) is 0 Å². The quantitative estimate of drug-likeness (QED) is 0.527. The molecule has 2 rings (SSSR count). The molecule has 7 nitrogen and oxygen atoms in total. The largest absolute Gasteiger partial charge is 0.497 e. The van der Waals surface area contributed by atoms with Gasteiger partial charge < -0.3 is 25.0 Å². The van der Waals surface area contributed by atoms with Crippen molar-refractivity contribution in [3.05, 3.63) is 24.3 Å². The summed E-state index contributed by atoms with van der Waals surface area (Å²) in [6, 6.07) is 7.96. The van der Waals surface area contributed by atoms with Crippen LogP contribution < -0.4 is 20.1 Å². The molecule has 1 atom stereocenters. The highest BCUT2D eigenvalue weighted by atomic mass is 16.5. The van der Waals surface area contributed by atoms with Crippen LogP contribution in [0, 0.1) is 0 Å². The smallest absolute Gasteiger partial charge is 0.243 e. The molecule has 0 saturated heterocycles. The lowest BCUT2D eigenvalue weighted by atomic mass is 9.96. The molecular formula is C21H34N4O3. The Balaban J connectivity index is 1.91. The minimum atomic E-state index is -0.0741. The van der Waals surface area contributed by atoms with Gasteiger partial charge in [-0.05, 0) is 31.9 Å². The summed E-state index contributed by atoms with van der Waals surface area (Å²) in [6.45, 7) is 2.70. The highest BCUT2D eigenvalue weighted by Crippen LogP contribution is 2.20.